The van der Waals surface area contributed by atoms with E-state index >= 15 is 0 Å². The third-order valence-corrected chi connectivity index (χ3v) is 4.06. The maximum absolute atomic E-state index is 12.6. The van der Waals surface area contributed by atoms with Crippen LogP contribution in [-0.4, -0.2) is 23.9 Å². The maximum Gasteiger partial charge on any atom is 0.416 e. The molecule has 1 rings (SSSR count). The van der Waals surface area contributed by atoms with Crippen LogP contribution in [0, 0.1) is 0 Å². The first kappa shape index (κ1) is 20.5. The molecule has 0 spiro atoms. The van der Waals surface area contributed by atoms with Crippen molar-refractivity contribution in [1.82, 2.24) is 4.90 Å². The smallest absolute Gasteiger partial charge is 0.339 e. The summed E-state index contributed by atoms with van der Waals surface area (Å²) in [6.07, 6.45) is 3.06. The van der Waals surface area contributed by atoms with E-state index in [9.17, 15) is 18.0 Å². The number of benzene rings is 1. The number of rotatable bonds is 10. The minimum Gasteiger partial charge on any atom is -0.339 e. The van der Waals surface area contributed by atoms with E-state index in [0.717, 1.165) is 44.2 Å². The lowest BCUT2D eigenvalue weighted by Crippen LogP contribution is -2.33. The summed E-state index contributed by atoms with van der Waals surface area (Å²) in [5.41, 5.74) is -0.397. The lowest BCUT2D eigenvalue weighted by atomic mass is 10.1. The van der Waals surface area contributed by atoms with Crippen LogP contribution in [0.3, 0.4) is 0 Å². The van der Waals surface area contributed by atoms with Gasteiger partial charge in [0.25, 0.3) is 5.91 Å². The van der Waals surface area contributed by atoms with Gasteiger partial charge in [0.15, 0.2) is 0 Å². The molecular formula is C19H28F3NO. The molecule has 1 aromatic rings. The van der Waals surface area contributed by atoms with Crippen LogP contribution in [0.15, 0.2) is 24.3 Å². The lowest BCUT2D eigenvalue weighted by molar-refractivity contribution is -0.137. The fourth-order valence-corrected chi connectivity index (χ4v) is 2.55. The highest BCUT2D eigenvalue weighted by Crippen LogP contribution is 2.29. The Bertz CT molecular complexity index is 482. The molecule has 0 unspecified atom stereocenters. The fourth-order valence-electron chi connectivity index (χ4n) is 2.55. The fraction of sp³-hybridized carbons (Fsp3) is 0.632. The molecule has 0 radical (unpaired) electrons. The predicted molar refractivity (Wildman–Crippen MR) is 91.0 cm³/mol. The van der Waals surface area contributed by atoms with Crippen LogP contribution in [0.1, 0.15) is 74.7 Å². The number of unbranched alkanes of at least 4 members (excludes halogenated alkanes) is 5. The number of alkyl halides is 3. The molecule has 0 saturated carbocycles. The normalized spacial score (nSPS) is 11.5. The summed E-state index contributed by atoms with van der Waals surface area (Å²) < 4.78 is 37.9. The average molecular weight is 343 g/mol. The molecule has 1 aromatic carbocycles. The van der Waals surface area contributed by atoms with Crippen molar-refractivity contribution in [2.75, 3.05) is 13.1 Å². The number of amides is 1. The molecule has 5 heteroatoms. The van der Waals surface area contributed by atoms with E-state index in [1.165, 1.54) is 25.0 Å². The summed E-state index contributed by atoms with van der Waals surface area (Å²) in [5.74, 6) is -0.173. The Balaban J connectivity index is 2.68. The van der Waals surface area contributed by atoms with Crippen molar-refractivity contribution in [3.8, 4) is 0 Å². The van der Waals surface area contributed by atoms with E-state index in [4.69, 9.17) is 0 Å². The van der Waals surface area contributed by atoms with Crippen LogP contribution in [0.4, 0.5) is 13.2 Å². The minimum atomic E-state index is -4.37. The van der Waals surface area contributed by atoms with Gasteiger partial charge < -0.3 is 4.90 Å². The molecular weight excluding hydrogens is 315 g/mol. The highest BCUT2D eigenvalue weighted by Gasteiger charge is 2.30. The van der Waals surface area contributed by atoms with E-state index in [0.29, 0.717) is 18.7 Å². The van der Waals surface area contributed by atoms with Crippen molar-refractivity contribution in [3.63, 3.8) is 0 Å². The standard InChI is InChI=1S/C19H28F3NO/c1-3-5-7-8-9-15-23(14-6-4-2)18(24)16-10-12-17(13-11-16)19(20,21)22/h10-13H,3-9,14-15H2,1-2H3. The Hall–Kier alpha value is -1.52. The van der Waals surface area contributed by atoms with Crippen molar-refractivity contribution in [2.24, 2.45) is 0 Å². The van der Waals surface area contributed by atoms with Gasteiger partial charge in [-0.2, -0.15) is 13.2 Å². The number of carbonyl (C=O) groups is 1. The number of hydrogen-bond acceptors (Lipinski definition) is 1. The summed E-state index contributed by atoms with van der Waals surface area (Å²) in [6, 6.07) is 4.52. The highest BCUT2D eigenvalue weighted by molar-refractivity contribution is 5.94. The van der Waals surface area contributed by atoms with Gasteiger partial charge in [-0.1, -0.05) is 46.0 Å². The molecule has 0 aliphatic carbocycles. The zero-order valence-corrected chi connectivity index (χ0v) is 14.7. The molecule has 0 heterocycles. The third-order valence-electron chi connectivity index (χ3n) is 4.06. The molecule has 24 heavy (non-hydrogen) atoms. The summed E-state index contributed by atoms with van der Waals surface area (Å²) in [4.78, 5) is 14.4. The molecule has 0 saturated heterocycles. The molecule has 136 valence electrons. The molecule has 0 bridgehead atoms. The van der Waals surface area contributed by atoms with E-state index < -0.39 is 11.7 Å². The van der Waals surface area contributed by atoms with E-state index in [2.05, 4.69) is 13.8 Å². The van der Waals surface area contributed by atoms with Gasteiger partial charge in [0.1, 0.15) is 0 Å². The second kappa shape index (κ2) is 10.4. The van der Waals surface area contributed by atoms with Gasteiger partial charge in [-0.15, -0.1) is 0 Å². The van der Waals surface area contributed by atoms with E-state index in [1.54, 1.807) is 4.90 Å². The number of carbonyl (C=O) groups excluding carboxylic acids is 1. The molecule has 0 aliphatic rings. The van der Waals surface area contributed by atoms with Gasteiger partial charge in [-0.25, -0.2) is 0 Å². The van der Waals surface area contributed by atoms with Crippen molar-refractivity contribution < 1.29 is 18.0 Å². The molecule has 2 nitrogen and oxygen atoms in total. The Morgan fingerprint density at radius 2 is 1.42 bits per heavy atom. The van der Waals surface area contributed by atoms with Crippen molar-refractivity contribution in [2.45, 2.75) is 65.0 Å². The van der Waals surface area contributed by atoms with Crippen molar-refractivity contribution in [1.29, 1.82) is 0 Å². The first-order chi connectivity index (χ1) is 11.4. The molecule has 0 atom stereocenters. The number of halogens is 3. The summed E-state index contributed by atoms with van der Waals surface area (Å²) in [5, 5.41) is 0. The molecule has 0 aromatic heterocycles. The summed E-state index contributed by atoms with van der Waals surface area (Å²) in [6.45, 7) is 5.54. The monoisotopic (exact) mass is 343 g/mol. The van der Waals surface area contributed by atoms with Crippen LogP contribution >= 0.6 is 0 Å². The zero-order valence-electron chi connectivity index (χ0n) is 14.7. The molecule has 0 aliphatic heterocycles. The summed E-state index contributed by atoms with van der Waals surface area (Å²) in [7, 11) is 0. The van der Waals surface area contributed by atoms with Crippen molar-refractivity contribution in [3.05, 3.63) is 35.4 Å². The lowest BCUT2D eigenvalue weighted by Gasteiger charge is -2.23. The Morgan fingerprint density at radius 1 is 0.875 bits per heavy atom. The molecule has 0 N–H and O–H groups in total. The first-order valence-corrected chi connectivity index (χ1v) is 8.86. The quantitative estimate of drug-likeness (QED) is 0.483. The van der Waals surface area contributed by atoms with Crippen LogP contribution in [0.25, 0.3) is 0 Å². The largest absolute Gasteiger partial charge is 0.416 e. The topological polar surface area (TPSA) is 20.3 Å². The third kappa shape index (κ3) is 6.93. The zero-order chi connectivity index (χ0) is 18.0. The Labute approximate surface area is 143 Å². The number of nitrogens with zero attached hydrogens (tertiary/aromatic N) is 1. The van der Waals surface area contributed by atoms with E-state index in [-0.39, 0.29) is 5.91 Å². The van der Waals surface area contributed by atoms with Gasteiger partial charge in [0, 0.05) is 18.7 Å². The molecule has 0 fully saturated rings. The minimum absolute atomic E-state index is 0.173. The van der Waals surface area contributed by atoms with Crippen molar-refractivity contribution >= 4 is 5.91 Å². The van der Waals surface area contributed by atoms with Gasteiger partial charge in [-0.3, -0.25) is 4.79 Å². The summed E-state index contributed by atoms with van der Waals surface area (Å²) >= 11 is 0. The first-order valence-electron chi connectivity index (χ1n) is 8.86. The van der Waals surface area contributed by atoms with E-state index in [1.807, 2.05) is 0 Å². The van der Waals surface area contributed by atoms with Crippen LogP contribution in [0.5, 0.6) is 0 Å². The van der Waals surface area contributed by atoms with Gasteiger partial charge in [0.2, 0.25) is 0 Å². The molecule has 1 amide bonds. The Kier molecular flexibility index (Phi) is 8.87. The maximum atomic E-state index is 12.6. The van der Waals surface area contributed by atoms with Gasteiger partial charge >= 0.3 is 6.18 Å². The number of hydrogen-bond donors (Lipinski definition) is 0. The second-order valence-corrected chi connectivity index (χ2v) is 6.14. The Morgan fingerprint density at radius 3 is 1.96 bits per heavy atom. The second-order valence-electron chi connectivity index (χ2n) is 6.14. The van der Waals surface area contributed by atoms with Gasteiger partial charge in [-0.05, 0) is 37.1 Å². The highest BCUT2D eigenvalue weighted by atomic mass is 19.4. The van der Waals surface area contributed by atoms with Crippen LogP contribution in [0.2, 0.25) is 0 Å². The SMILES string of the molecule is CCCCCCCN(CCCC)C(=O)c1ccc(C(F)(F)F)cc1. The van der Waals surface area contributed by atoms with Gasteiger partial charge in [0.05, 0.1) is 5.56 Å². The van der Waals surface area contributed by atoms with Crippen LogP contribution in [-0.2, 0) is 6.18 Å². The van der Waals surface area contributed by atoms with Crippen LogP contribution < -0.4 is 0 Å². The average Bonchev–Trinajstić information content (AvgIpc) is 2.56. The predicted octanol–water partition coefficient (Wildman–Crippen LogP) is 5.92.